The van der Waals surface area contributed by atoms with E-state index < -0.39 is 42.0 Å². The fraction of sp³-hybridized carbons (Fsp3) is 0.273. The SMILES string of the molecule is C[C@H](OC(=O)CN1C(=O)N[C@@](C)(c2ccccc2)C1=O)C(=O)Nc1ccc2c(c1)OCO2. The first-order valence-electron chi connectivity index (χ1n) is 9.87. The molecule has 2 atom stereocenters. The van der Waals surface area contributed by atoms with E-state index in [0.29, 0.717) is 22.7 Å². The van der Waals surface area contributed by atoms with Crippen molar-refractivity contribution < 1.29 is 33.4 Å². The molecule has 0 spiro atoms. The zero-order valence-electron chi connectivity index (χ0n) is 17.4. The molecule has 0 aromatic heterocycles. The highest BCUT2D eigenvalue weighted by molar-refractivity contribution is 6.09. The largest absolute Gasteiger partial charge is 0.454 e. The number of esters is 1. The first-order chi connectivity index (χ1) is 15.3. The molecule has 0 bridgehead atoms. The van der Waals surface area contributed by atoms with Crippen molar-refractivity contribution in [2.75, 3.05) is 18.7 Å². The van der Waals surface area contributed by atoms with Crippen LogP contribution in [0.1, 0.15) is 19.4 Å². The number of anilines is 1. The highest BCUT2D eigenvalue weighted by Crippen LogP contribution is 2.34. The summed E-state index contributed by atoms with van der Waals surface area (Å²) in [5, 5.41) is 5.22. The van der Waals surface area contributed by atoms with E-state index in [2.05, 4.69) is 10.6 Å². The number of ether oxygens (including phenoxy) is 3. The number of nitrogens with one attached hydrogen (secondary N) is 2. The van der Waals surface area contributed by atoms with Crippen LogP contribution in [0.25, 0.3) is 0 Å². The predicted octanol–water partition coefficient (Wildman–Crippen LogP) is 1.75. The molecule has 4 rings (SSSR count). The molecule has 0 radical (unpaired) electrons. The highest BCUT2D eigenvalue weighted by Gasteiger charge is 2.49. The van der Waals surface area contributed by atoms with Crippen LogP contribution in [0.4, 0.5) is 10.5 Å². The molecule has 0 aliphatic carbocycles. The van der Waals surface area contributed by atoms with Gasteiger partial charge in [0.05, 0.1) is 0 Å². The lowest BCUT2D eigenvalue weighted by atomic mass is 9.92. The monoisotopic (exact) mass is 439 g/mol. The van der Waals surface area contributed by atoms with E-state index in [0.717, 1.165) is 4.90 Å². The third-order valence-electron chi connectivity index (χ3n) is 5.23. The van der Waals surface area contributed by atoms with Crippen LogP contribution < -0.4 is 20.1 Å². The molecular formula is C22H21N3O7. The van der Waals surface area contributed by atoms with Gasteiger partial charge in [-0.2, -0.15) is 0 Å². The average molecular weight is 439 g/mol. The van der Waals surface area contributed by atoms with E-state index in [9.17, 15) is 19.2 Å². The maximum Gasteiger partial charge on any atom is 0.327 e. The minimum Gasteiger partial charge on any atom is -0.454 e. The van der Waals surface area contributed by atoms with E-state index in [1.54, 1.807) is 55.5 Å². The molecule has 0 saturated carbocycles. The van der Waals surface area contributed by atoms with Crippen molar-refractivity contribution in [3.63, 3.8) is 0 Å². The molecular weight excluding hydrogens is 418 g/mol. The van der Waals surface area contributed by atoms with Crippen molar-refractivity contribution in [2.24, 2.45) is 0 Å². The third kappa shape index (κ3) is 3.94. The van der Waals surface area contributed by atoms with Gasteiger partial charge in [0.15, 0.2) is 17.6 Å². The first kappa shape index (κ1) is 21.2. The number of urea groups is 1. The molecule has 10 heteroatoms. The number of nitrogens with zero attached hydrogens (tertiary/aromatic N) is 1. The number of hydrogen-bond acceptors (Lipinski definition) is 7. The van der Waals surface area contributed by atoms with Gasteiger partial charge in [0.2, 0.25) is 6.79 Å². The number of carbonyl (C=O) groups excluding carboxylic acids is 4. The van der Waals surface area contributed by atoms with Crippen LogP contribution in [0.15, 0.2) is 48.5 Å². The normalized spacial score (nSPS) is 20.0. The Morgan fingerprint density at radius 3 is 2.62 bits per heavy atom. The summed E-state index contributed by atoms with van der Waals surface area (Å²) in [7, 11) is 0. The van der Waals surface area contributed by atoms with Gasteiger partial charge in [-0.25, -0.2) is 4.79 Å². The highest BCUT2D eigenvalue weighted by atomic mass is 16.7. The maximum absolute atomic E-state index is 12.9. The zero-order valence-corrected chi connectivity index (χ0v) is 17.4. The Morgan fingerprint density at radius 1 is 1.16 bits per heavy atom. The van der Waals surface area contributed by atoms with Crippen LogP contribution in [0, 0.1) is 0 Å². The lowest BCUT2D eigenvalue weighted by molar-refractivity contribution is -0.155. The number of amides is 4. The summed E-state index contributed by atoms with van der Waals surface area (Å²) in [4.78, 5) is 50.7. The quantitative estimate of drug-likeness (QED) is 0.519. The number of fused-ring (bicyclic) bond motifs is 1. The van der Waals surface area contributed by atoms with E-state index in [4.69, 9.17) is 14.2 Å². The molecule has 1 saturated heterocycles. The minimum atomic E-state index is -1.29. The lowest BCUT2D eigenvalue weighted by Crippen LogP contribution is -2.42. The minimum absolute atomic E-state index is 0.104. The molecule has 2 aliphatic heterocycles. The van der Waals surface area contributed by atoms with E-state index >= 15 is 0 Å². The molecule has 4 amide bonds. The van der Waals surface area contributed by atoms with Crippen LogP contribution in [0.2, 0.25) is 0 Å². The summed E-state index contributed by atoms with van der Waals surface area (Å²) in [5.74, 6) is -0.989. The molecule has 0 unspecified atom stereocenters. The van der Waals surface area contributed by atoms with Gasteiger partial charge < -0.3 is 24.8 Å². The van der Waals surface area contributed by atoms with Gasteiger partial charge in [-0.1, -0.05) is 30.3 Å². The van der Waals surface area contributed by atoms with Gasteiger partial charge in [-0.15, -0.1) is 0 Å². The molecule has 166 valence electrons. The molecule has 32 heavy (non-hydrogen) atoms. The third-order valence-corrected chi connectivity index (χ3v) is 5.23. The van der Waals surface area contributed by atoms with Crippen molar-refractivity contribution >= 4 is 29.5 Å². The fourth-order valence-corrected chi connectivity index (χ4v) is 3.44. The number of rotatable bonds is 6. The molecule has 2 heterocycles. The Labute approximate surface area is 183 Å². The summed E-state index contributed by atoms with van der Waals surface area (Å²) >= 11 is 0. The second kappa shape index (κ2) is 8.22. The van der Waals surface area contributed by atoms with E-state index in [1.807, 2.05) is 0 Å². The van der Waals surface area contributed by atoms with Gasteiger partial charge >= 0.3 is 12.0 Å². The summed E-state index contributed by atoms with van der Waals surface area (Å²) in [6.07, 6.45) is -1.16. The Morgan fingerprint density at radius 2 is 1.88 bits per heavy atom. The predicted molar refractivity (Wildman–Crippen MR) is 111 cm³/mol. The summed E-state index contributed by atoms with van der Waals surface area (Å²) in [6, 6.07) is 12.9. The zero-order chi connectivity index (χ0) is 22.9. The van der Waals surface area contributed by atoms with Crippen molar-refractivity contribution in [3.05, 3.63) is 54.1 Å². The smallest absolute Gasteiger partial charge is 0.327 e. The van der Waals surface area contributed by atoms with Gasteiger partial charge in [0.1, 0.15) is 12.1 Å². The van der Waals surface area contributed by atoms with Gasteiger partial charge in [0, 0.05) is 11.8 Å². The van der Waals surface area contributed by atoms with Gasteiger partial charge in [-0.3, -0.25) is 19.3 Å². The second-order valence-electron chi connectivity index (χ2n) is 7.50. The lowest BCUT2D eigenvalue weighted by Gasteiger charge is -2.22. The van der Waals surface area contributed by atoms with Crippen molar-refractivity contribution in [1.82, 2.24) is 10.2 Å². The van der Waals surface area contributed by atoms with Crippen LogP contribution in [0.3, 0.4) is 0 Å². The Bertz CT molecular complexity index is 1090. The summed E-state index contributed by atoms with van der Waals surface area (Å²) < 4.78 is 15.6. The molecule has 1 fully saturated rings. The number of hydrogen-bond donors (Lipinski definition) is 2. The van der Waals surface area contributed by atoms with Gasteiger partial charge in [0.25, 0.3) is 11.8 Å². The van der Waals surface area contributed by atoms with E-state index in [-0.39, 0.29) is 6.79 Å². The number of benzene rings is 2. The topological polar surface area (TPSA) is 123 Å². The first-order valence-corrected chi connectivity index (χ1v) is 9.87. The molecule has 2 aromatic carbocycles. The molecule has 10 nitrogen and oxygen atoms in total. The molecule has 2 aromatic rings. The van der Waals surface area contributed by atoms with E-state index in [1.165, 1.54) is 6.92 Å². The summed E-state index contributed by atoms with van der Waals surface area (Å²) in [6.45, 7) is 2.44. The Kier molecular flexibility index (Phi) is 5.43. The van der Waals surface area contributed by atoms with Gasteiger partial charge in [-0.05, 0) is 31.5 Å². The van der Waals surface area contributed by atoms with Crippen molar-refractivity contribution in [3.8, 4) is 11.5 Å². The van der Waals surface area contributed by atoms with Crippen molar-refractivity contribution in [2.45, 2.75) is 25.5 Å². The van der Waals surface area contributed by atoms with Crippen LogP contribution >= 0.6 is 0 Å². The Balaban J connectivity index is 1.35. The maximum atomic E-state index is 12.9. The number of imide groups is 1. The standard InChI is InChI=1S/C22H21N3O7/c1-13(19(27)23-15-8-9-16-17(10-15)31-12-30-16)32-18(26)11-25-20(28)22(2,24-21(25)29)14-6-4-3-5-7-14/h3-10,13H,11-12H2,1-2H3,(H,23,27)(H,24,29)/t13-,22-/m0/s1. The van der Waals surface area contributed by atoms with Crippen LogP contribution in [-0.2, 0) is 24.7 Å². The Hall–Kier alpha value is -4.08. The van der Waals surface area contributed by atoms with Crippen LogP contribution in [0.5, 0.6) is 11.5 Å². The fourth-order valence-electron chi connectivity index (χ4n) is 3.44. The second-order valence-corrected chi connectivity index (χ2v) is 7.50. The van der Waals surface area contributed by atoms with Crippen LogP contribution in [-0.4, -0.2) is 48.2 Å². The molecule has 2 aliphatic rings. The number of carbonyl (C=O) groups is 4. The summed E-state index contributed by atoms with van der Waals surface area (Å²) in [5.41, 5.74) is -0.262. The molecule has 2 N–H and O–H groups in total. The van der Waals surface area contributed by atoms with Crippen molar-refractivity contribution in [1.29, 1.82) is 0 Å². The average Bonchev–Trinajstić information content (AvgIpc) is 3.32.